The topological polar surface area (TPSA) is 35.5 Å². The maximum absolute atomic E-state index is 12.7. The van der Waals surface area contributed by atoms with Crippen LogP contribution in [0.3, 0.4) is 0 Å². The van der Waals surface area contributed by atoms with E-state index in [1.165, 1.54) is 0 Å². The van der Waals surface area contributed by atoms with Crippen LogP contribution in [0.25, 0.3) is 0 Å². The lowest BCUT2D eigenvalue weighted by Crippen LogP contribution is -2.05. The van der Waals surface area contributed by atoms with E-state index >= 15 is 0 Å². The number of ether oxygens (including phenoxy) is 2. The fourth-order valence-electron chi connectivity index (χ4n) is 1.94. The first kappa shape index (κ1) is 14.6. The van der Waals surface area contributed by atoms with Gasteiger partial charge in [0.1, 0.15) is 11.5 Å². The lowest BCUT2D eigenvalue weighted by atomic mass is 10.0. The summed E-state index contributed by atoms with van der Waals surface area (Å²) < 4.78 is 11.2. The normalized spacial score (nSPS) is 10.2. The number of methoxy groups -OCH3 is 2. The zero-order valence-electron chi connectivity index (χ0n) is 11.6. The minimum absolute atomic E-state index is 0.104. The molecule has 0 atom stereocenters. The molecule has 2 aromatic rings. The van der Waals surface area contributed by atoms with Gasteiger partial charge in [-0.3, -0.25) is 4.79 Å². The van der Waals surface area contributed by atoms with E-state index in [9.17, 15) is 4.79 Å². The quantitative estimate of drug-likeness (QED) is 0.792. The standard InChI is InChI=1S/C16H15BrO3/c1-10-4-6-12(14(17)8-10)16(18)13-9-11(19-2)5-7-15(13)20-3/h4-9H,1-3H3. The molecule has 0 amide bonds. The Balaban J connectivity index is 2.51. The fourth-order valence-corrected chi connectivity index (χ4v) is 2.61. The first-order chi connectivity index (χ1) is 9.56. The van der Waals surface area contributed by atoms with E-state index in [0.29, 0.717) is 22.6 Å². The molecule has 104 valence electrons. The number of rotatable bonds is 4. The van der Waals surface area contributed by atoms with Crippen molar-refractivity contribution in [1.29, 1.82) is 0 Å². The molecule has 0 aromatic heterocycles. The molecule has 0 spiro atoms. The fraction of sp³-hybridized carbons (Fsp3) is 0.188. The molecule has 0 unspecified atom stereocenters. The first-order valence-corrected chi connectivity index (χ1v) is 6.89. The van der Waals surface area contributed by atoms with Gasteiger partial charge in [0.25, 0.3) is 0 Å². The highest BCUT2D eigenvalue weighted by molar-refractivity contribution is 9.10. The van der Waals surface area contributed by atoms with Gasteiger partial charge in [-0.25, -0.2) is 0 Å². The molecule has 20 heavy (non-hydrogen) atoms. The van der Waals surface area contributed by atoms with Gasteiger partial charge < -0.3 is 9.47 Å². The molecule has 0 radical (unpaired) electrons. The van der Waals surface area contributed by atoms with Crippen LogP contribution in [-0.4, -0.2) is 20.0 Å². The summed E-state index contributed by atoms with van der Waals surface area (Å²) in [4.78, 5) is 12.7. The van der Waals surface area contributed by atoms with Crippen LogP contribution in [0.4, 0.5) is 0 Å². The molecular weight excluding hydrogens is 320 g/mol. The van der Waals surface area contributed by atoms with E-state index in [2.05, 4.69) is 15.9 Å². The summed E-state index contributed by atoms with van der Waals surface area (Å²) >= 11 is 3.43. The highest BCUT2D eigenvalue weighted by atomic mass is 79.9. The van der Waals surface area contributed by atoms with Crippen LogP contribution in [0.15, 0.2) is 40.9 Å². The summed E-state index contributed by atoms with van der Waals surface area (Å²) in [6, 6.07) is 10.8. The predicted molar refractivity (Wildman–Crippen MR) is 81.9 cm³/mol. The van der Waals surface area contributed by atoms with Crippen molar-refractivity contribution >= 4 is 21.7 Å². The zero-order chi connectivity index (χ0) is 14.7. The van der Waals surface area contributed by atoms with Crippen LogP contribution in [0.5, 0.6) is 11.5 Å². The van der Waals surface area contributed by atoms with Crippen LogP contribution in [0, 0.1) is 6.92 Å². The number of hydrogen-bond donors (Lipinski definition) is 0. The number of carbonyl (C=O) groups excluding carboxylic acids is 1. The van der Waals surface area contributed by atoms with Crippen molar-refractivity contribution in [3.8, 4) is 11.5 Å². The van der Waals surface area contributed by atoms with Crippen LogP contribution >= 0.6 is 15.9 Å². The number of hydrogen-bond acceptors (Lipinski definition) is 3. The van der Waals surface area contributed by atoms with Crippen LogP contribution in [-0.2, 0) is 0 Å². The third-order valence-corrected chi connectivity index (χ3v) is 3.68. The van der Waals surface area contributed by atoms with E-state index < -0.39 is 0 Å². The van der Waals surface area contributed by atoms with E-state index in [1.807, 2.05) is 19.1 Å². The summed E-state index contributed by atoms with van der Waals surface area (Å²) in [6.45, 7) is 1.98. The molecule has 2 aromatic carbocycles. The molecule has 0 aliphatic rings. The SMILES string of the molecule is COc1ccc(OC)c(C(=O)c2ccc(C)cc2Br)c1. The molecule has 3 nitrogen and oxygen atoms in total. The van der Waals surface area contributed by atoms with Gasteiger partial charge in [0.2, 0.25) is 0 Å². The van der Waals surface area contributed by atoms with Gasteiger partial charge in [-0.15, -0.1) is 0 Å². The van der Waals surface area contributed by atoms with Crippen molar-refractivity contribution in [3.05, 3.63) is 57.6 Å². The number of halogens is 1. The summed E-state index contributed by atoms with van der Waals surface area (Å²) in [6.07, 6.45) is 0. The molecule has 0 fully saturated rings. The summed E-state index contributed by atoms with van der Waals surface area (Å²) in [5, 5.41) is 0. The number of ketones is 1. The van der Waals surface area contributed by atoms with Gasteiger partial charge in [0, 0.05) is 10.0 Å². The maximum Gasteiger partial charge on any atom is 0.198 e. The Morgan fingerprint density at radius 1 is 1.00 bits per heavy atom. The van der Waals surface area contributed by atoms with Gasteiger partial charge >= 0.3 is 0 Å². The Morgan fingerprint density at radius 2 is 1.75 bits per heavy atom. The van der Waals surface area contributed by atoms with Crippen LogP contribution in [0.1, 0.15) is 21.5 Å². The molecule has 0 N–H and O–H groups in total. The van der Waals surface area contributed by atoms with Gasteiger partial charge in [-0.2, -0.15) is 0 Å². The van der Waals surface area contributed by atoms with Crippen molar-refractivity contribution in [1.82, 2.24) is 0 Å². The Bertz CT molecular complexity index is 650. The predicted octanol–water partition coefficient (Wildman–Crippen LogP) is 4.01. The molecule has 4 heteroatoms. The lowest BCUT2D eigenvalue weighted by molar-refractivity contribution is 0.103. The number of benzene rings is 2. The monoisotopic (exact) mass is 334 g/mol. The average Bonchev–Trinajstić information content (AvgIpc) is 2.46. The Morgan fingerprint density at radius 3 is 2.35 bits per heavy atom. The van der Waals surface area contributed by atoms with Crippen LogP contribution < -0.4 is 9.47 Å². The minimum atomic E-state index is -0.104. The molecule has 0 saturated heterocycles. The maximum atomic E-state index is 12.7. The van der Waals surface area contributed by atoms with Crippen molar-refractivity contribution < 1.29 is 14.3 Å². The highest BCUT2D eigenvalue weighted by Crippen LogP contribution is 2.29. The first-order valence-electron chi connectivity index (χ1n) is 6.09. The Labute approximate surface area is 126 Å². The zero-order valence-corrected chi connectivity index (χ0v) is 13.2. The molecule has 0 heterocycles. The van der Waals surface area contributed by atoms with Crippen LogP contribution in [0.2, 0.25) is 0 Å². The van der Waals surface area contributed by atoms with Crippen molar-refractivity contribution in [2.75, 3.05) is 14.2 Å². The number of aryl methyl sites for hydroxylation is 1. The second-order valence-electron chi connectivity index (χ2n) is 4.38. The molecule has 2 rings (SSSR count). The second-order valence-corrected chi connectivity index (χ2v) is 5.23. The van der Waals surface area contributed by atoms with E-state index in [1.54, 1.807) is 38.5 Å². The smallest absolute Gasteiger partial charge is 0.198 e. The van der Waals surface area contributed by atoms with E-state index in [-0.39, 0.29) is 5.78 Å². The lowest BCUT2D eigenvalue weighted by Gasteiger charge is -2.11. The van der Waals surface area contributed by atoms with Gasteiger partial charge in [0.05, 0.1) is 19.8 Å². The van der Waals surface area contributed by atoms with E-state index in [0.717, 1.165) is 10.0 Å². The average molecular weight is 335 g/mol. The molecule has 0 bridgehead atoms. The Kier molecular flexibility index (Phi) is 4.45. The molecular formula is C16H15BrO3. The third-order valence-electron chi connectivity index (χ3n) is 3.02. The number of carbonyl (C=O) groups is 1. The van der Waals surface area contributed by atoms with Gasteiger partial charge in [-0.05, 0) is 42.8 Å². The molecule has 0 saturated carbocycles. The minimum Gasteiger partial charge on any atom is -0.497 e. The summed E-state index contributed by atoms with van der Waals surface area (Å²) in [5.74, 6) is 1.05. The van der Waals surface area contributed by atoms with Crippen molar-refractivity contribution in [2.45, 2.75) is 6.92 Å². The third kappa shape index (κ3) is 2.85. The Hall–Kier alpha value is -1.81. The second kappa shape index (κ2) is 6.09. The van der Waals surface area contributed by atoms with Crippen molar-refractivity contribution in [2.24, 2.45) is 0 Å². The largest absolute Gasteiger partial charge is 0.497 e. The van der Waals surface area contributed by atoms with Gasteiger partial charge in [-0.1, -0.05) is 22.0 Å². The van der Waals surface area contributed by atoms with E-state index in [4.69, 9.17) is 9.47 Å². The highest BCUT2D eigenvalue weighted by Gasteiger charge is 2.18. The molecule has 0 aliphatic carbocycles. The summed E-state index contributed by atoms with van der Waals surface area (Å²) in [5.41, 5.74) is 2.17. The summed E-state index contributed by atoms with van der Waals surface area (Å²) in [7, 11) is 3.11. The van der Waals surface area contributed by atoms with Gasteiger partial charge in [0.15, 0.2) is 5.78 Å². The molecule has 0 aliphatic heterocycles. The van der Waals surface area contributed by atoms with Crippen molar-refractivity contribution in [3.63, 3.8) is 0 Å².